The molecule has 0 aliphatic carbocycles. The van der Waals surface area contributed by atoms with Gasteiger partial charge in [0.15, 0.2) is 11.5 Å². The summed E-state index contributed by atoms with van der Waals surface area (Å²) in [6, 6.07) is 3.57. The summed E-state index contributed by atoms with van der Waals surface area (Å²) in [4.78, 5) is 0. The first-order valence-corrected chi connectivity index (χ1v) is 7.25. The fourth-order valence-electron chi connectivity index (χ4n) is 1.62. The molecule has 0 saturated carbocycles. The van der Waals surface area contributed by atoms with Crippen LogP contribution in [0.1, 0.15) is 11.1 Å². The maximum absolute atomic E-state index is 11.1. The van der Waals surface area contributed by atoms with Gasteiger partial charge in [-0.15, -0.1) is 0 Å². The third-order valence-electron chi connectivity index (χ3n) is 2.36. The minimum absolute atomic E-state index is 0.243. The summed E-state index contributed by atoms with van der Waals surface area (Å²) >= 11 is 0. The second-order valence-electron chi connectivity index (χ2n) is 3.57. The summed E-state index contributed by atoms with van der Waals surface area (Å²) in [5.41, 5.74) is 1.40. The van der Waals surface area contributed by atoms with E-state index in [1.165, 1.54) is 0 Å². The van der Waals surface area contributed by atoms with Gasteiger partial charge in [-0.3, -0.25) is 0 Å². The van der Waals surface area contributed by atoms with Gasteiger partial charge in [0.2, 0.25) is 9.05 Å². The Hall–Kier alpha value is -0.940. The highest BCUT2D eigenvalue weighted by molar-refractivity contribution is 8.13. The predicted octanol–water partition coefficient (Wildman–Crippen LogP) is 1.83. The maximum Gasteiger partial charge on any atom is 0.236 e. The first kappa shape index (κ1) is 11.5. The zero-order chi connectivity index (χ0) is 11.8. The van der Waals surface area contributed by atoms with Crippen molar-refractivity contribution in [2.24, 2.45) is 0 Å². The Bertz CT molecular complexity index is 510. The van der Waals surface area contributed by atoms with Crippen LogP contribution in [0.25, 0.3) is 0 Å². The largest absolute Gasteiger partial charge is 0.486 e. The summed E-state index contributed by atoms with van der Waals surface area (Å²) in [6.45, 7) is 2.71. The molecule has 0 unspecified atom stereocenters. The zero-order valence-electron chi connectivity index (χ0n) is 8.70. The Morgan fingerprint density at radius 3 is 2.69 bits per heavy atom. The van der Waals surface area contributed by atoms with Gasteiger partial charge in [0.1, 0.15) is 13.2 Å². The molecule has 0 bridgehead atoms. The molecular weight excluding hydrogens is 252 g/mol. The van der Waals surface area contributed by atoms with Gasteiger partial charge in [-0.05, 0) is 18.6 Å². The molecule has 1 aliphatic heterocycles. The zero-order valence-corrected chi connectivity index (χ0v) is 10.3. The Balaban J connectivity index is 2.50. The number of halogens is 1. The van der Waals surface area contributed by atoms with Crippen LogP contribution < -0.4 is 9.47 Å². The van der Waals surface area contributed by atoms with E-state index in [4.69, 9.17) is 20.2 Å². The van der Waals surface area contributed by atoms with Gasteiger partial charge in [0.05, 0.1) is 5.75 Å². The second kappa shape index (κ2) is 4.14. The van der Waals surface area contributed by atoms with Crippen molar-refractivity contribution in [1.29, 1.82) is 0 Å². The minimum atomic E-state index is -3.60. The summed E-state index contributed by atoms with van der Waals surface area (Å²) in [7, 11) is 1.66. The molecule has 0 N–H and O–H groups in total. The van der Waals surface area contributed by atoms with Crippen molar-refractivity contribution in [2.75, 3.05) is 13.2 Å². The van der Waals surface area contributed by atoms with Gasteiger partial charge < -0.3 is 9.47 Å². The molecule has 16 heavy (non-hydrogen) atoms. The number of hydrogen-bond acceptors (Lipinski definition) is 4. The lowest BCUT2D eigenvalue weighted by Gasteiger charge is -2.21. The highest BCUT2D eigenvalue weighted by Gasteiger charge is 2.21. The van der Waals surface area contributed by atoms with Gasteiger partial charge >= 0.3 is 0 Å². The lowest BCUT2D eigenvalue weighted by molar-refractivity contribution is 0.170. The molecule has 1 aromatic carbocycles. The lowest BCUT2D eigenvalue weighted by atomic mass is 10.1. The molecule has 0 atom stereocenters. The first-order valence-electron chi connectivity index (χ1n) is 4.78. The van der Waals surface area contributed by atoms with Crippen LogP contribution in [0.15, 0.2) is 12.1 Å². The van der Waals surface area contributed by atoms with Crippen LogP contribution in [0, 0.1) is 6.92 Å². The third-order valence-corrected chi connectivity index (χ3v) is 3.32. The Morgan fingerprint density at radius 1 is 1.31 bits per heavy atom. The van der Waals surface area contributed by atoms with Crippen LogP contribution in [0.5, 0.6) is 11.5 Å². The number of rotatable bonds is 2. The average molecular weight is 263 g/mol. The molecule has 1 heterocycles. The number of ether oxygens (including phenoxy) is 2. The molecule has 4 nitrogen and oxygen atoms in total. The topological polar surface area (TPSA) is 52.6 Å². The standard InChI is InChI=1S/C10H11ClO4S/c1-7-2-3-9-10(15-5-4-14-9)8(7)6-16(11,12)13/h2-3H,4-6H2,1H3. The van der Waals surface area contributed by atoms with Crippen molar-refractivity contribution < 1.29 is 17.9 Å². The molecular formula is C10H11ClO4S. The molecule has 0 aromatic heterocycles. The molecule has 1 aliphatic rings. The van der Waals surface area contributed by atoms with E-state index >= 15 is 0 Å². The number of fused-ring (bicyclic) bond motifs is 1. The van der Waals surface area contributed by atoms with Crippen LogP contribution in [0.3, 0.4) is 0 Å². The predicted molar refractivity (Wildman–Crippen MR) is 60.6 cm³/mol. The van der Waals surface area contributed by atoms with E-state index in [0.717, 1.165) is 5.56 Å². The van der Waals surface area contributed by atoms with Gasteiger partial charge in [0.25, 0.3) is 0 Å². The van der Waals surface area contributed by atoms with Gasteiger partial charge in [-0.2, -0.15) is 0 Å². The molecule has 0 radical (unpaired) electrons. The van der Waals surface area contributed by atoms with E-state index in [2.05, 4.69) is 0 Å². The molecule has 0 amide bonds. The highest BCUT2D eigenvalue weighted by atomic mass is 35.7. The Morgan fingerprint density at radius 2 is 2.00 bits per heavy atom. The first-order chi connectivity index (χ1) is 7.47. The van der Waals surface area contributed by atoms with Crippen molar-refractivity contribution >= 4 is 19.7 Å². The summed E-state index contributed by atoms with van der Waals surface area (Å²) in [5.74, 6) is 0.829. The fraction of sp³-hybridized carbons (Fsp3) is 0.400. The minimum Gasteiger partial charge on any atom is -0.486 e. The second-order valence-corrected chi connectivity index (χ2v) is 6.35. The maximum atomic E-state index is 11.1. The van der Waals surface area contributed by atoms with E-state index in [1.807, 2.05) is 6.92 Å². The van der Waals surface area contributed by atoms with E-state index in [9.17, 15) is 8.42 Å². The van der Waals surface area contributed by atoms with Crippen molar-refractivity contribution in [2.45, 2.75) is 12.7 Å². The van der Waals surface area contributed by atoms with E-state index in [1.54, 1.807) is 12.1 Å². The smallest absolute Gasteiger partial charge is 0.236 e. The summed E-state index contributed by atoms with van der Waals surface area (Å²) in [5, 5.41) is 0. The number of hydrogen-bond donors (Lipinski definition) is 0. The SMILES string of the molecule is Cc1ccc2c(c1CS(=O)(=O)Cl)OCCO2. The van der Waals surface area contributed by atoms with Crippen LogP contribution in [0.2, 0.25) is 0 Å². The van der Waals surface area contributed by atoms with Crippen molar-refractivity contribution in [3.8, 4) is 11.5 Å². The van der Waals surface area contributed by atoms with E-state index in [-0.39, 0.29) is 5.75 Å². The van der Waals surface area contributed by atoms with Crippen LogP contribution in [-0.4, -0.2) is 21.6 Å². The van der Waals surface area contributed by atoms with Crippen molar-refractivity contribution in [1.82, 2.24) is 0 Å². The van der Waals surface area contributed by atoms with Crippen molar-refractivity contribution in [3.05, 3.63) is 23.3 Å². The molecule has 2 rings (SSSR count). The quantitative estimate of drug-likeness (QED) is 0.763. The van der Waals surface area contributed by atoms with Crippen LogP contribution in [-0.2, 0) is 14.8 Å². The number of aryl methyl sites for hydroxylation is 1. The average Bonchev–Trinajstić information content (AvgIpc) is 2.21. The van der Waals surface area contributed by atoms with Crippen LogP contribution in [0.4, 0.5) is 0 Å². The third kappa shape index (κ3) is 2.41. The molecule has 0 saturated heterocycles. The van der Waals surface area contributed by atoms with E-state index < -0.39 is 9.05 Å². The van der Waals surface area contributed by atoms with Crippen molar-refractivity contribution in [3.63, 3.8) is 0 Å². The van der Waals surface area contributed by atoms with Gasteiger partial charge in [-0.25, -0.2) is 8.42 Å². The molecule has 0 spiro atoms. The fourth-order valence-corrected chi connectivity index (χ4v) is 2.65. The molecule has 0 fully saturated rings. The van der Waals surface area contributed by atoms with Gasteiger partial charge in [0, 0.05) is 16.2 Å². The molecule has 6 heteroatoms. The number of benzene rings is 1. The lowest BCUT2D eigenvalue weighted by Crippen LogP contribution is -2.17. The van der Waals surface area contributed by atoms with Gasteiger partial charge in [-0.1, -0.05) is 6.07 Å². The van der Waals surface area contributed by atoms with Crippen LogP contribution >= 0.6 is 10.7 Å². The Labute approximate surface area is 98.5 Å². The highest BCUT2D eigenvalue weighted by Crippen LogP contribution is 2.37. The molecule has 1 aromatic rings. The molecule has 88 valence electrons. The van der Waals surface area contributed by atoms with E-state index in [0.29, 0.717) is 30.3 Å². The normalized spacial score (nSPS) is 14.9. The summed E-state index contributed by atoms with van der Waals surface area (Å²) < 4.78 is 33.0. The monoisotopic (exact) mass is 262 g/mol. The Kier molecular flexibility index (Phi) is 2.99. The summed E-state index contributed by atoms with van der Waals surface area (Å²) in [6.07, 6.45) is 0.